The second-order valence-corrected chi connectivity index (χ2v) is 8.72. The third-order valence-corrected chi connectivity index (χ3v) is 6.58. The summed E-state index contributed by atoms with van der Waals surface area (Å²) in [4.78, 5) is 28.6. The molecule has 178 valence electrons. The summed E-state index contributed by atoms with van der Waals surface area (Å²) in [6, 6.07) is 11.5. The fraction of sp³-hybridized carbons (Fsp3) is 0.522. The van der Waals surface area contributed by atoms with Gasteiger partial charge in [-0.15, -0.1) is 0 Å². The molecule has 0 bridgehead atoms. The first-order chi connectivity index (χ1) is 15.7. The molecular formula is C23H27F3N4O3. The van der Waals surface area contributed by atoms with Crippen LogP contribution in [0.1, 0.15) is 48.7 Å². The first-order valence-electron chi connectivity index (χ1n) is 11.1. The summed E-state index contributed by atoms with van der Waals surface area (Å²) in [6.07, 6.45) is -3.30. The molecule has 0 aliphatic carbocycles. The highest BCUT2D eigenvalue weighted by molar-refractivity contribution is 5.93. The SMILES string of the molecule is CC(OC(=O)N1CCC2(CCCN2C(=O)c2ccn(Cc3ccccc3)n2)CC1)C(F)(F)F. The van der Waals surface area contributed by atoms with Crippen molar-refractivity contribution in [2.75, 3.05) is 19.6 Å². The van der Waals surface area contributed by atoms with E-state index in [2.05, 4.69) is 9.84 Å². The van der Waals surface area contributed by atoms with E-state index in [4.69, 9.17) is 0 Å². The number of benzene rings is 1. The lowest BCUT2D eigenvalue weighted by atomic mass is 9.85. The number of likely N-dealkylation sites (tertiary alicyclic amines) is 2. The van der Waals surface area contributed by atoms with Crippen LogP contribution in [0.4, 0.5) is 18.0 Å². The van der Waals surface area contributed by atoms with Crippen molar-refractivity contribution in [3.05, 3.63) is 53.9 Å². The fourth-order valence-corrected chi connectivity index (χ4v) is 4.65. The highest BCUT2D eigenvalue weighted by atomic mass is 19.4. The minimum Gasteiger partial charge on any atom is -0.437 e. The van der Waals surface area contributed by atoms with Gasteiger partial charge in [0.15, 0.2) is 6.10 Å². The molecule has 0 radical (unpaired) electrons. The topological polar surface area (TPSA) is 67.7 Å². The Morgan fingerprint density at radius 3 is 2.45 bits per heavy atom. The van der Waals surface area contributed by atoms with Crippen molar-refractivity contribution in [2.24, 2.45) is 0 Å². The molecule has 1 atom stereocenters. The van der Waals surface area contributed by atoms with Gasteiger partial charge in [-0.2, -0.15) is 18.3 Å². The number of carbonyl (C=O) groups excluding carboxylic acids is 2. The van der Waals surface area contributed by atoms with E-state index in [0.29, 0.717) is 31.6 Å². The average molecular weight is 464 g/mol. The third kappa shape index (κ3) is 4.99. The Labute approximate surface area is 190 Å². The molecule has 2 fully saturated rings. The number of halogens is 3. The molecule has 4 rings (SSSR count). The number of aromatic nitrogens is 2. The van der Waals surface area contributed by atoms with Crippen LogP contribution < -0.4 is 0 Å². The number of nitrogens with zero attached hydrogens (tertiary/aromatic N) is 4. The van der Waals surface area contributed by atoms with Crippen LogP contribution in [0.3, 0.4) is 0 Å². The predicted molar refractivity (Wildman–Crippen MR) is 114 cm³/mol. The maximum atomic E-state index is 13.3. The molecule has 2 aliphatic rings. The molecule has 7 nitrogen and oxygen atoms in total. The highest BCUT2D eigenvalue weighted by Gasteiger charge is 2.47. The average Bonchev–Trinajstić information content (AvgIpc) is 3.41. The van der Waals surface area contributed by atoms with Gasteiger partial charge < -0.3 is 14.5 Å². The van der Waals surface area contributed by atoms with Gasteiger partial charge in [0.05, 0.1) is 6.54 Å². The first kappa shape index (κ1) is 23.1. The van der Waals surface area contributed by atoms with E-state index in [9.17, 15) is 22.8 Å². The zero-order valence-corrected chi connectivity index (χ0v) is 18.4. The summed E-state index contributed by atoms with van der Waals surface area (Å²) >= 11 is 0. The number of hydrogen-bond donors (Lipinski definition) is 0. The van der Waals surface area contributed by atoms with Gasteiger partial charge in [0, 0.05) is 31.4 Å². The molecular weight excluding hydrogens is 437 g/mol. The summed E-state index contributed by atoms with van der Waals surface area (Å²) < 4.78 is 44.4. The molecule has 1 aromatic carbocycles. The van der Waals surface area contributed by atoms with Gasteiger partial charge in [-0.1, -0.05) is 30.3 Å². The molecule has 2 saturated heterocycles. The van der Waals surface area contributed by atoms with Gasteiger partial charge >= 0.3 is 12.3 Å². The summed E-state index contributed by atoms with van der Waals surface area (Å²) in [5, 5.41) is 4.46. The molecule has 2 amide bonds. The van der Waals surface area contributed by atoms with Gasteiger partial charge in [0.1, 0.15) is 5.69 Å². The summed E-state index contributed by atoms with van der Waals surface area (Å²) in [6.45, 7) is 2.47. The van der Waals surface area contributed by atoms with Gasteiger partial charge in [-0.05, 0) is 44.2 Å². The molecule has 1 aromatic heterocycles. The Kier molecular flexibility index (Phi) is 6.36. The number of ether oxygens (including phenoxy) is 1. The number of carbonyl (C=O) groups is 2. The second-order valence-electron chi connectivity index (χ2n) is 8.72. The Morgan fingerprint density at radius 1 is 1.09 bits per heavy atom. The number of amides is 2. The number of rotatable bonds is 4. The zero-order valence-electron chi connectivity index (χ0n) is 18.4. The van der Waals surface area contributed by atoms with E-state index in [1.54, 1.807) is 16.9 Å². The number of alkyl halides is 3. The molecule has 0 saturated carbocycles. The van der Waals surface area contributed by atoms with Crippen molar-refractivity contribution in [1.29, 1.82) is 0 Å². The van der Waals surface area contributed by atoms with Crippen molar-refractivity contribution in [1.82, 2.24) is 19.6 Å². The third-order valence-electron chi connectivity index (χ3n) is 6.58. The van der Waals surface area contributed by atoms with E-state index in [1.165, 1.54) is 4.90 Å². The summed E-state index contributed by atoms with van der Waals surface area (Å²) in [5.74, 6) is -0.152. The monoisotopic (exact) mass is 464 g/mol. The van der Waals surface area contributed by atoms with Crippen molar-refractivity contribution in [2.45, 2.75) is 57.0 Å². The molecule has 2 aromatic rings. The number of hydrogen-bond acceptors (Lipinski definition) is 4. The lowest BCUT2D eigenvalue weighted by Gasteiger charge is -2.44. The molecule has 1 spiro atoms. The maximum absolute atomic E-state index is 13.3. The minimum absolute atomic E-state index is 0.152. The lowest BCUT2D eigenvalue weighted by molar-refractivity contribution is -0.200. The predicted octanol–water partition coefficient (Wildman–Crippen LogP) is 4.09. The van der Waals surface area contributed by atoms with Crippen LogP contribution in [-0.2, 0) is 11.3 Å². The Morgan fingerprint density at radius 2 is 1.79 bits per heavy atom. The molecule has 2 aliphatic heterocycles. The van der Waals surface area contributed by atoms with Crippen LogP contribution in [0.5, 0.6) is 0 Å². The molecule has 3 heterocycles. The van der Waals surface area contributed by atoms with Crippen molar-refractivity contribution < 1.29 is 27.5 Å². The van der Waals surface area contributed by atoms with Gasteiger partial charge in [-0.25, -0.2) is 4.79 Å². The fourth-order valence-electron chi connectivity index (χ4n) is 4.65. The Bertz CT molecular complexity index is 984. The van der Waals surface area contributed by atoms with Gasteiger partial charge in [-0.3, -0.25) is 9.48 Å². The van der Waals surface area contributed by atoms with Crippen LogP contribution in [-0.4, -0.2) is 69.0 Å². The van der Waals surface area contributed by atoms with Crippen molar-refractivity contribution in [3.63, 3.8) is 0 Å². The van der Waals surface area contributed by atoms with E-state index in [-0.39, 0.29) is 19.0 Å². The summed E-state index contributed by atoms with van der Waals surface area (Å²) in [7, 11) is 0. The zero-order chi connectivity index (χ0) is 23.6. The molecule has 33 heavy (non-hydrogen) atoms. The standard InChI is InChI=1S/C23H27F3N4O3/c1-17(23(24,25)26)33-21(32)28-14-10-22(11-15-28)9-5-12-30(22)20(31)19-8-13-29(27-19)16-18-6-3-2-4-7-18/h2-4,6-8,13,17H,5,9-12,14-16H2,1H3. The normalized spacial score (nSPS) is 19.0. The lowest BCUT2D eigenvalue weighted by Crippen LogP contribution is -2.55. The van der Waals surface area contributed by atoms with Gasteiger partial charge in [0.2, 0.25) is 0 Å². The van der Waals surface area contributed by atoms with E-state index < -0.39 is 23.9 Å². The van der Waals surface area contributed by atoms with E-state index in [0.717, 1.165) is 25.3 Å². The first-order valence-corrected chi connectivity index (χ1v) is 11.1. The van der Waals surface area contributed by atoms with Crippen molar-refractivity contribution >= 4 is 12.0 Å². The van der Waals surface area contributed by atoms with Crippen molar-refractivity contribution in [3.8, 4) is 0 Å². The largest absolute Gasteiger partial charge is 0.437 e. The van der Waals surface area contributed by atoms with Crippen LogP contribution in [0, 0.1) is 0 Å². The Hall–Kier alpha value is -3.04. The Balaban J connectivity index is 1.38. The van der Waals surface area contributed by atoms with E-state index in [1.807, 2.05) is 35.2 Å². The second kappa shape index (κ2) is 9.07. The highest BCUT2D eigenvalue weighted by Crippen LogP contribution is 2.39. The van der Waals surface area contributed by atoms with Crippen LogP contribution in [0.15, 0.2) is 42.6 Å². The van der Waals surface area contributed by atoms with Crippen LogP contribution in [0.25, 0.3) is 0 Å². The molecule has 1 unspecified atom stereocenters. The minimum atomic E-state index is -4.59. The quantitative estimate of drug-likeness (QED) is 0.684. The van der Waals surface area contributed by atoms with Gasteiger partial charge in [0.25, 0.3) is 5.91 Å². The summed E-state index contributed by atoms with van der Waals surface area (Å²) in [5.41, 5.74) is 1.04. The van der Waals surface area contributed by atoms with Crippen LogP contribution >= 0.6 is 0 Å². The van der Waals surface area contributed by atoms with E-state index >= 15 is 0 Å². The molecule has 10 heteroatoms. The van der Waals surface area contributed by atoms with Crippen LogP contribution in [0.2, 0.25) is 0 Å². The smallest absolute Gasteiger partial charge is 0.425 e. The maximum Gasteiger partial charge on any atom is 0.425 e. The molecule has 0 N–H and O–H groups in total. The number of piperidine rings is 1.